The Labute approximate surface area is 95.8 Å². The normalized spacial score (nSPS) is 12.5. The van der Waals surface area contributed by atoms with Gasteiger partial charge in [-0.25, -0.2) is 0 Å². The quantitative estimate of drug-likeness (QED) is 0.752. The largest absolute Gasteiger partial charge is 0.467 e. The molecule has 1 aromatic rings. The fourth-order valence-corrected chi connectivity index (χ4v) is 1.38. The van der Waals surface area contributed by atoms with Crippen LogP contribution in [0, 0.1) is 0 Å². The van der Waals surface area contributed by atoms with Crippen LogP contribution in [0.15, 0.2) is 18.2 Å². The number of hydrogen-bond acceptors (Lipinski definition) is 4. The van der Waals surface area contributed by atoms with E-state index >= 15 is 0 Å². The van der Waals surface area contributed by atoms with E-state index < -0.39 is 0 Å². The molecule has 1 atom stereocenters. The van der Waals surface area contributed by atoms with E-state index in [-0.39, 0.29) is 19.5 Å². The standard InChI is InChI=1S/C12H18O4/c1-9(15-3)10-4-5-12(16-8-14-2)11(6-10)7-13/h4-6,9,13H,7-8H2,1-3H3. The number of rotatable bonds is 6. The molecule has 0 radical (unpaired) electrons. The van der Waals surface area contributed by atoms with E-state index in [1.54, 1.807) is 14.2 Å². The molecule has 1 unspecified atom stereocenters. The van der Waals surface area contributed by atoms with Gasteiger partial charge >= 0.3 is 0 Å². The zero-order valence-corrected chi connectivity index (χ0v) is 9.90. The lowest BCUT2D eigenvalue weighted by atomic mass is 10.1. The zero-order valence-electron chi connectivity index (χ0n) is 9.90. The molecule has 0 aliphatic carbocycles. The summed E-state index contributed by atoms with van der Waals surface area (Å²) in [6.45, 7) is 2.06. The van der Waals surface area contributed by atoms with Crippen molar-refractivity contribution >= 4 is 0 Å². The van der Waals surface area contributed by atoms with Crippen molar-refractivity contribution in [2.45, 2.75) is 19.6 Å². The van der Waals surface area contributed by atoms with Gasteiger partial charge in [-0.15, -0.1) is 0 Å². The first-order chi connectivity index (χ1) is 7.72. The van der Waals surface area contributed by atoms with Gasteiger partial charge in [0.15, 0.2) is 6.79 Å². The summed E-state index contributed by atoms with van der Waals surface area (Å²) in [7, 11) is 3.21. The molecule has 0 saturated carbocycles. The van der Waals surface area contributed by atoms with Crippen LogP contribution in [0.25, 0.3) is 0 Å². The molecule has 1 aromatic carbocycles. The van der Waals surface area contributed by atoms with Gasteiger partial charge in [-0.1, -0.05) is 6.07 Å². The van der Waals surface area contributed by atoms with Crippen LogP contribution in [-0.4, -0.2) is 26.1 Å². The minimum atomic E-state index is -0.0661. The highest BCUT2D eigenvalue weighted by Crippen LogP contribution is 2.24. The number of aliphatic hydroxyl groups is 1. The number of ether oxygens (including phenoxy) is 3. The SMILES string of the molecule is COCOc1ccc(C(C)OC)cc1CO. The third-order valence-corrected chi connectivity index (χ3v) is 2.41. The lowest BCUT2D eigenvalue weighted by Crippen LogP contribution is -2.03. The number of benzene rings is 1. The van der Waals surface area contributed by atoms with Crippen LogP contribution in [0.4, 0.5) is 0 Å². The van der Waals surface area contributed by atoms with E-state index in [1.165, 1.54) is 0 Å². The zero-order chi connectivity index (χ0) is 12.0. The van der Waals surface area contributed by atoms with Gasteiger partial charge in [-0.3, -0.25) is 0 Å². The van der Waals surface area contributed by atoms with Crippen molar-refractivity contribution in [1.29, 1.82) is 0 Å². The predicted octanol–water partition coefficient (Wildman–Crippen LogP) is 1.87. The lowest BCUT2D eigenvalue weighted by molar-refractivity contribution is 0.0494. The molecule has 1 N–H and O–H groups in total. The van der Waals surface area contributed by atoms with Gasteiger partial charge in [-0.05, 0) is 24.6 Å². The maximum Gasteiger partial charge on any atom is 0.188 e. The summed E-state index contributed by atoms with van der Waals surface area (Å²) in [6.07, 6.45) is 0.00164. The maximum atomic E-state index is 9.24. The van der Waals surface area contributed by atoms with E-state index in [0.29, 0.717) is 5.75 Å². The molecular formula is C12H18O4. The molecule has 0 aliphatic rings. The van der Waals surface area contributed by atoms with Crippen molar-refractivity contribution in [3.8, 4) is 5.75 Å². The van der Waals surface area contributed by atoms with Crippen molar-refractivity contribution in [2.24, 2.45) is 0 Å². The minimum absolute atomic E-state index is 0.00164. The fourth-order valence-electron chi connectivity index (χ4n) is 1.38. The van der Waals surface area contributed by atoms with E-state index in [9.17, 15) is 5.11 Å². The molecule has 0 bridgehead atoms. The van der Waals surface area contributed by atoms with Gasteiger partial charge in [0, 0.05) is 19.8 Å². The molecule has 0 spiro atoms. The Morgan fingerprint density at radius 3 is 2.62 bits per heavy atom. The summed E-state index contributed by atoms with van der Waals surface area (Å²) in [5.74, 6) is 0.636. The van der Waals surface area contributed by atoms with Gasteiger partial charge in [0.05, 0.1) is 12.7 Å². The Morgan fingerprint density at radius 2 is 2.06 bits per heavy atom. The summed E-state index contributed by atoms with van der Waals surface area (Å²) in [5.41, 5.74) is 1.75. The van der Waals surface area contributed by atoms with Crippen LogP contribution in [0.3, 0.4) is 0 Å². The first-order valence-electron chi connectivity index (χ1n) is 5.11. The number of methoxy groups -OCH3 is 2. The summed E-state index contributed by atoms with van der Waals surface area (Å²) < 4.78 is 15.3. The number of aliphatic hydroxyl groups excluding tert-OH is 1. The molecule has 0 aliphatic heterocycles. The molecule has 0 saturated heterocycles. The van der Waals surface area contributed by atoms with Gasteiger partial charge in [0.1, 0.15) is 5.75 Å². The number of hydrogen-bond donors (Lipinski definition) is 1. The molecule has 90 valence electrons. The Bertz CT molecular complexity index is 325. The average molecular weight is 226 g/mol. The highest BCUT2D eigenvalue weighted by atomic mass is 16.7. The Balaban J connectivity index is 2.88. The van der Waals surface area contributed by atoms with E-state index in [1.807, 2.05) is 25.1 Å². The first kappa shape index (κ1) is 13.0. The van der Waals surface area contributed by atoms with E-state index in [2.05, 4.69) is 0 Å². The van der Waals surface area contributed by atoms with Crippen LogP contribution in [-0.2, 0) is 16.1 Å². The molecule has 4 nitrogen and oxygen atoms in total. The Kier molecular flexibility index (Phi) is 5.25. The predicted molar refractivity (Wildman–Crippen MR) is 60.3 cm³/mol. The Hall–Kier alpha value is -1.10. The second kappa shape index (κ2) is 6.48. The lowest BCUT2D eigenvalue weighted by Gasteiger charge is -2.14. The maximum absolute atomic E-state index is 9.24. The van der Waals surface area contributed by atoms with Crippen molar-refractivity contribution in [1.82, 2.24) is 0 Å². The summed E-state index contributed by atoms with van der Waals surface area (Å²) >= 11 is 0. The summed E-state index contributed by atoms with van der Waals surface area (Å²) in [6, 6.07) is 5.60. The average Bonchev–Trinajstić information content (AvgIpc) is 2.35. The van der Waals surface area contributed by atoms with E-state index in [0.717, 1.165) is 11.1 Å². The first-order valence-corrected chi connectivity index (χ1v) is 5.11. The van der Waals surface area contributed by atoms with Gasteiger partial charge in [0.2, 0.25) is 0 Å². The third-order valence-electron chi connectivity index (χ3n) is 2.41. The fraction of sp³-hybridized carbons (Fsp3) is 0.500. The Morgan fingerprint density at radius 1 is 1.31 bits per heavy atom. The molecule has 0 aromatic heterocycles. The minimum Gasteiger partial charge on any atom is -0.467 e. The van der Waals surface area contributed by atoms with E-state index in [4.69, 9.17) is 14.2 Å². The van der Waals surface area contributed by atoms with Crippen molar-refractivity contribution < 1.29 is 19.3 Å². The summed E-state index contributed by atoms with van der Waals surface area (Å²) in [5, 5.41) is 9.24. The molecule has 0 amide bonds. The van der Waals surface area contributed by atoms with Crippen LogP contribution in [0.1, 0.15) is 24.2 Å². The van der Waals surface area contributed by atoms with Gasteiger partial charge in [-0.2, -0.15) is 0 Å². The smallest absolute Gasteiger partial charge is 0.188 e. The monoisotopic (exact) mass is 226 g/mol. The third kappa shape index (κ3) is 3.20. The van der Waals surface area contributed by atoms with Crippen LogP contribution < -0.4 is 4.74 Å². The second-order valence-electron chi connectivity index (χ2n) is 3.45. The highest BCUT2D eigenvalue weighted by molar-refractivity contribution is 5.37. The molecule has 4 heteroatoms. The molecule has 0 fully saturated rings. The van der Waals surface area contributed by atoms with Crippen molar-refractivity contribution in [2.75, 3.05) is 21.0 Å². The van der Waals surface area contributed by atoms with Gasteiger partial charge < -0.3 is 19.3 Å². The molecule has 1 rings (SSSR count). The van der Waals surface area contributed by atoms with Gasteiger partial charge in [0.25, 0.3) is 0 Å². The summed E-state index contributed by atoms with van der Waals surface area (Å²) in [4.78, 5) is 0. The second-order valence-corrected chi connectivity index (χ2v) is 3.45. The van der Waals surface area contributed by atoms with Crippen molar-refractivity contribution in [3.63, 3.8) is 0 Å². The molecule has 0 heterocycles. The topological polar surface area (TPSA) is 47.9 Å². The molecule has 16 heavy (non-hydrogen) atoms. The molecular weight excluding hydrogens is 208 g/mol. The van der Waals surface area contributed by atoms with Crippen LogP contribution >= 0.6 is 0 Å². The van der Waals surface area contributed by atoms with Crippen LogP contribution in [0.5, 0.6) is 5.75 Å². The van der Waals surface area contributed by atoms with Crippen LogP contribution in [0.2, 0.25) is 0 Å². The highest BCUT2D eigenvalue weighted by Gasteiger charge is 2.08. The van der Waals surface area contributed by atoms with Crippen molar-refractivity contribution in [3.05, 3.63) is 29.3 Å².